The molecule has 0 unspecified atom stereocenters. The summed E-state index contributed by atoms with van der Waals surface area (Å²) in [6.45, 7) is 7.97. The quantitative estimate of drug-likeness (QED) is 0.694. The van der Waals surface area contributed by atoms with E-state index in [1.54, 1.807) is 7.11 Å². The zero-order chi connectivity index (χ0) is 20.9. The molecule has 3 heterocycles. The number of para-hydroxylation sites is 2. The van der Waals surface area contributed by atoms with Gasteiger partial charge in [-0.2, -0.15) is 4.98 Å². The molecule has 164 valence electrons. The number of methoxy groups -OCH3 is 1. The van der Waals surface area contributed by atoms with Gasteiger partial charge >= 0.3 is 0 Å². The second-order valence-electron chi connectivity index (χ2n) is 8.43. The Kier molecular flexibility index (Phi) is 6.89. The molecule has 30 heavy (non-hydrogen) atoms. The molecule has 1 amide bonds. The Morgan fingerprint density at radius 3 is 2.77 bits per heavy atom. The van der Waals surface area contributed by atoms with Crippen LogP contribution in [0.25, 0.3) is 11.1 Å². The van der Waals surface area contributed by atoms with E-state index in [0.29, 0.717) is 25.1 Å². The Morgan fingerprint density at radius 1 is 1.23 bits per heavy atom. The number of benzene rings is 1. The Bertz CT molecular complexity index is 798. The van der Waals surface area contributed by atoms with Crippen LogP contribution in [0.2, 0.25) is 0 Å². The second-order valence-corrected chi connectivity index (χ2v) is 8.43. The minimum atomic E-state index is 0.116. The fraction of sp³-hybridized carbons (Fsp3) is 0.652. The van der Waals surface area contributed by atoms with Crippen molar-refractivity contribution < 1.29 is 13.9 Å². The van der Waals surface area contributed by atoms with Gasteiger partial charge in [0.2, 0.25) is 5.91 Å². The third-order valence-electron chi connectivity index (χ3n) is 6.59. The molecule has 1 atom stereocenters. The number of hydrogen-bond acceptors (Lipinski definition) is 6. The highest BCUT2D eigenvalue weighted by molar-refractivity contribution is 5.79. The SMILES string of the molecule is CCN(CCOC)C(=O)[C@H]1CCCN(C2CCN(c3nc4ccccc4o3)CC2)C1. The summed E-state index contributed by atoms with van der Waals surface area (Å²) in [4.78, 5) is 24.4. The maximum Gasteiger partial charge on any atom is 0.298 e. The van der Waals surface area contributed by atoms with E-state index in [-0.39, 0.29) is 5.92 Å². The molecular weight excluding hydrogens is 380 g/mol. The molecule has 2 aliphatic heterocycles. The number of likely N-dealkylation sites (tertiary alicyclic amines) is 1. The average molecular weight is 415 g/mol. The molecule has 2 saturated heterocycles. The maximum absolute atomic E-state index is 13.0. The monoisotopic (exact) mass is 414 g/mol. The van der Waals surface area contributed by atoms with Gasteiger partial charge in [0.05, 0.1) is 12.5 Å². The summed E-state index contributed by atoms with van der Waals surface area (Å²) in [5.74, 6) is 0.411. The van der Waals surface area contributed by atoms with Gasteiger partial charge in [0.15, 0.2) is 5.58 Å². The number of ether oxygens (including phenoxy) is 1. The van der Waals surface area contributed by atoms with E-state index < -0.39 is 0 Å². The number of piperidine rings is 2. The predicted molar refractivity (Wildman–Crippen MR) is 118 cm³/mol. The molecule has 2 aliphatic rings. The second kappa shape index (κ2) is 9.79. The van der Waals surface area contributed by atoms with E-state index in [9.17, 15) is 4.79 Å². The molecule has 7 nitrogen and oxygen atoms in total. The van der Waals surface area contributed by atoms with Crippen LogP contribution in [0.4, 0.5) is 6.01 Å². The third-order valence-corrected chi connectivity index (χ3v) is 6.59. The van der Waals surface area contributed by atoms with Crippen molar-refractivity contribution in [3.63, 3.8) is 0 Å². The molecule has 2 aromatic rings. The highest BCUT2D eigenvalue weighted by Gasteiger charge is 2.33. The number of likely N-dealkylation sites (N-methyl/N-ethyl adjacent to an activating group) is 1. The standard InChI is InChI=1S/C23H34N4O3/c1-3-25(15-16-29-2)22(28)18-7-6-12-27(17-18)19-10-13-26(14-11-19)23-24-20-8-4-5-9-21(20)30-23/h4-5,8-9,18-19H,3,6-7,10-17H2,1-2H3/t18-/m0/s1. The molecule has 0 bridgehead atoms. The van der Waals surface area contributed by atoms with E-state index in [0.717, 1.165) is 75.5 Å². The van der Waals surface area contributed by atoms with Gasteiger partial charge < -0.3 is 19.0 Å². The predicted octanol–water partition coefficient (Wildman–Crippen LogP) is 3.00. The summed E-state index contributed by atoms with van der Waals surface area (Å²) >= 11 is 0. The Hall–Kier alpha value is -2.12. The molecule has 0 saturated carbocycles. The summed E-state index contributed by atoms with van der Waals surface area (Å²) in [6.07, 6.45) is 4.27. The van der Waals surface area contributed by atoms with Gasteiger partial charge in [0, 0.05) is 45.9 Å². The number of hydrogen-bond donors (Lipinski definition) is 0. The van der Waals surface area contributed by atoms with Gasteiger partial charge in [-0.1, -0.05) is 12.1 Å². The first-order valence-electron chi connectivity index (χ1n) is 11.3. The number of carbonyl (C=O) groups is 1. The minimum Gasteiger partial charge on any atom is -0.423 e. The van der Waals surface area contributed by atoms with Crippen molar-refractivity contribution in [1.29, 1.82) is 0 Å². The van der Waals surface area contributed by atoms with Crippen LogP contribution in [-0.4, -0.2) is 79.7 Å². The van der Waals surface area contributed by atoms with Gasteiger partial charge in [-0.3, -0.25) is 9.69 Å². The highest BCUT2D eigenvalue weighted by atomic mass is 16.5. The lowest BCUT2D eigenvalue weighted by molar-refractivity contribution is -0.138. The van der Waals surface area contributed by atoms with E-state index in [1.165, 1.54) is 0 Å². The molecule has 4 rings (SSSR count). The van der Waals surface area contributed by atoms with Crippen molar-refractivity contribution in [2.45, 2.75) is 38.6 Å². The fourth-order valence-corrected chi connectivity index (χ4v) is 4.84. The molecule has 0 aliphatic carbocycles. The normalized spacial score (nSPS) is 21.3. The molecule has 0 spiro atoms. The van der Waals surface area contributed by atoms with E-state index in [2.05, 4.69) is 21.7 Å². The van der Waals surface area contributed by atoms with E-state index >= 15 is 0 Å². The van der Waals surface area contributed by atoms with Gasteiger partial charge in [0.25, 0.3) is 6.01 Å². The number of amides is 1. The van der Waals surface area contributed by atoms with E-state index in [1.807, 2.05) is 29.2 Å². The Balaban J connectivity index is 1.32. The number of oxazole rings is 1. The largest absolute Gasteiger partial charge is 0.423 e. The van der Waals surface area contributed by atoms with Crippen molar-refractivity contribution in [3.05, 3.63) is 24.3 Å². The third kappa shape index (κ3) is 4.62. The Morgan fingerprint density at radius 2 is 2.03 bits per heavy atom. The van der Waals surface area contributed by atoms with Crippen molar-refractivity contribution >= 4 is 23.0 Å². The lowest BCUT2D eigenvalue weighted by Crippen LogP contribution is -2.51. The zero-order valence-electron chi connectivity index (χ0n) is 18.3. The summed E-state index contributed by atoms with van der Waals surface area (Å²) in [5, 5.41) is 0. The molecule has 2 fully saturated rings. The zero-order valence-corrected chi connectivity index (χ0v) is 18.3. The van der Waals surface area contributed by atoms with Crippen molar-refractivity contribution in [1.82, 2.24) is 14.8 Å². The van der Waals surface area contributed by atoms with Crippen LogP contribution in [0.3, 0.4) is 0 Å². The molecule has 1 aromatic carbocycles. The molecular formula is C23H34N4O3. The van der Waals surface area contributed by atoms with E-state index in [4.69, 9.17) is 9.15 Å². The van der Waals surface area contributed by atoms with Crippen LogP contribution in [0.1, 0.15) is 32.6 Å². The number of aromatic nitrogens is 1. The summed E-state index contributed by atoms with van der Waals surface area (Å²) < 4.78 is 11.1. The van der Waals surface area contributed by atoms with Crippen LogP contribution in [0.5, 0.6) is 0 Å². The van der Waals surface area contributed by atoms with Crippen molar-refractivity contribution in [3.8, 4) is 0 Å². The van der Waals surface area contributed by atoms with Crippen LogP contribution in [-0.2, 0) is 9.53 Å². The number of carbonyl (C=O) groups excluding carboxylic acids is 1. The first-order chi connectivity index (χ1) is 14.7. The minimum absolute atomic E-state index is 0.116. The van der Waals surface area contributed by atoms with Gasteiger partial charge in [-0.25, -0.2) is 0 Å². The van der Waals surface area contributed by atoms with Crippen LogP contribution >= 0.6 is 0 Å². The first kappa shape index (κ1) is 21.1. The smallest absolute Gasteiger partial charge is 0.298 e. The number of rotatable bonds is 7. The van der Waals surface area contributed by atoms with Crippen LogP contribution in [0.15, 0.2) is 28.7 Å². The summed E-state index contributed by atoms with van der Waals surface area (Å²) in [7, 11) is 1.69. The first-order valence-corrected chi connectivity index (χ1v) is 11.3. The van der Waals surface area contributed by atoms with Gasteiger partial charge in [0.1, 0.15) is 5.52 Å². The number of fused-ring (bicyclic) bond motifs is 1. The highest BCUT2D eigenvalue weighted by Crippen LogP contribution is 2.28. The molecule has 1 aromatic heterocycles. The number of anilines is 1. The number of nitrogens with zero attached hydrogens (tertiary/aromatic N) is 4. The topological polar surface area (TPSA) is 62.1 Å². The molecule has 0 radical (unpaired) electrons. The lowest BCUT2D eigenvalue weighted by Gasteiger charge is -2.42. The lowest BCUT2D eigenvalue weighted by atomic mass is 9.93. The summed E-state index contributed by atoms with van der Waals surface area (Å²) in [5.41, 5.74) is 1.77. The van der Waals surface area contributed by atoms with Crippen molar-refractivity contribution in [2.24, 2.45) is 5.92 Å². The Labute approximate surface area is 179 Å². The summed E-state index contributed by atoms with van der Waals surface area (Å²) in [6, 6.07) is 9.20. The van der Waals surface area contributed by atoms with Crippen LogP contribution in [0, 0.1) is 5.92 Å². The van der Waals surface area contributed by atoms with Crippen molar-refractivity contribution in [2.75, 3.05) is 57.9 Å². The average Bonchev–Trinajstić information content (AvgIpc) is 3.24. The van der Waals surface area contributed by atoms with Crippen LogP contribution < -0.4 is 4.90 Å². The molecule has 0 N–H and O–H groups in total. The molecule has 7 heteroatoms. The van der Waals surface area contributed by atoms with Gasteiger partial charge in [-0.15, -0.1) is 0 Å². The fourth-order valence-electron chi connectivity index (χ4n) is 4.84. The van der Waals surface area contributed by atoms with Gasteiger partial charge in [-0.05, 0) is 51.3 Å². The maximum atomic E-state index is 13.0.